The van der Waals surface area contributed by atoms with E-state index in [1.165, 1.54) is 13.8 Å². The fraction of sp³-hybridized carbons (Fsp3) is 0.0625. The zero-order valence-corrected chi connectivity index (χ0v) is 24.4. The quantitative estimate of drug-likeness (QED) is 0.0986. The van der Waals surface area contributed by atoms with E-state index < -0.39 is 37.6 Å². The first-order valence-corrected chi connectivity index (χ1v) is 13.4. The first-order chi connectivity index (χ1) is 21.8. The van der Waals surface area contributed by atoms with Crippen LogP contribution in [0.2, 0.25) is 0 Å². The monoisotopic (exact) mass is 625 g/mol. The lowest BCUT2D eigenvalue weighted by molar-refractivity contribution is -0.404. The molecular formula is C32H27N5O9. The minimum Gasteiger partial charge on any atom is -0.497 e. The highest BCUT2D eigenvalue weighted by molar-refractivity contribution is 5.98. The Balaban J connectivity index is 0.000000304. The summed E-state index contributed by atoms with van der Waals surface area (Å²) in [5.41, 5.74) is 2.06. The van der Waals surface area contributed by atoms with Gasteiger partial charge < -0.3 is 15.7 Å². The largest absolute Gasteiger partial charge is 0.497 e. The molecule has 14 heteroatoms. The van der Waals surface area contributed by atoms with Gasteiger partial charge in [-0.2, -0.15) is 0 Å². The molecule has 0 bridgehead atoms. The Labute approximate surface area is 261 Å². The Morgan fingerprint density at radius 2 is 1.00 bits per heavy atom. The van der Waals surface area contributed by atoms with Crippen molar-refractivity contribution in [2.45, 2.75) is 13.8 Å². The fourth-order valence-corrected chi connectivity index (χ4v) is 3.98. The molecule has 0 heterocycles. The Morgan fingerprint density at radius 1 is 0.609 bits per heavy atom. The van der Waals surface area contributed by atoms with Gasteiger partial charge in [-0.25, -0.2) is 0 Å². The number of amides is 2. The van der Waals surface area contributed by atoms with E-state index in [0.717, 1.165) is 22.3 Å². The SMILES string of the molecule is CC(=O)Nc1cc(NC(C)=O)c(/C=C/c2ccccc2)cc1/C=C/c1ccccc1.O=[N+]([O-])c1cc([N+](=O)[O-])c(O)c([N+](=O)[O-])c1. The van der Waals surface area contributed by atoms with E-state index in [1.807, 2.05) is 91.0 Å². The smallest absolute Gasteiger partial charge is 0.324 e. The van der Waals surface area contributed by atoms with Gasteiger partial charge in [0, 0.05) is 13.8 Å². The van der Waals surface area contributed by atoms with E-state index in [2.05, 4.69) is 10.6 Å². The van der Waals surface area contributed by atoms with Crippen molar-refractivity contribution < 1.29 is 29.5 Å². The number of phenols is 1. The van der Waals surface area contributed by atoms with E-state index >= 15 is 0 Å². The van der Waals surface area contributed by atoms with Gasteiger partial charge >= 0.3 is 11.4 Å². The summed E-state index contributed by atoms with van der Waals surface area (Å²) >= 11 is 0. The predicted molar refractivity (Wildman–Crippen MR) is 174 cm³/mol. The third kappa shape index (κ3) is 9.67. The lowest BCUT2D eigenvalue weighted by atomic mass is 10.0. The maximum absolute atomic E-state index is 11.7. The lowest BCUT2D eigenvalue weighted by Gasteiger charge is -2.14. The van der Waals surface area contributed by atoms with Crippen LogP contribution in [0, 0.1) is 30.3 Å². The number of hydrogen-bond donors (Lipinski definition) is 3. The Bertz CT molecular complexity index is 1720. The summed E-state index contributed by atoms with van der Waals surface area (Å²) in [4.78, 5) is 51.2. The topological polar surface area (TPSA) is 208 Å². The number of nitrogens with zero attached hydrogens (tertiary/aromatic N) is 3. The van der Waals surface area contributed by atoms with Gasteiger partial charge in [0.1, 0.15) is 0 Å². The van der Waals surface area contributed by atoms with Crippen LogP contribution >= 0.6 is 0 Å². The van der Waals surface area contributed by atoms with E-state index in [0.29, 0.717) is 23.5 Å². The van der Waals surface area contributed by atoms with Gasteiger partial charge in [-0.15, -0.1) is 0 Å². The summed E-state index contributed by atoms with van der Waals surface area (Å²) in [6.45, 7) is 2.93. The third-order valence-electron chi connectivity index (χ3n) is 6.01. The van der Waals surface area contributed by atoms with Crippen molar-refractivity contribution in [2.75, 3.05) is 10.6 Å². The van der Waals surface area contributed by atoms with E-state index in [4.69, 9.17) is 5.11 Å². The molecule has 0 radical (unpaired) electrons. The van der Waals surface area contributed by atoms with E-state index in [9.17, 15) is 39.9 Å². The molecule has 0 aliphatic heterocycles. The number of rotatable bonds is 9. The number of carbonyl (C=O) groups is 2. The lowest BCUT2D eigenvalue weighted by Crippen LogP contribution is -2.11. The summed E-state index contributed by atoms with van der Waals surface area (Å²) in [6.07, 6.45) is 7.89. The summed E-state index contributed by atoms with van der Waals surface area (Å²) in [7, 11) is 0. The van der Waals surface area contributed by atoms with Crippen molar-refractivity contribution in [1.29, 1.82) is 0 Å². The number of hydrogen-bond acceptors (Lipinski definition) is 9. The number of nitro groups is 3. The molecule has 0 spiro atoms. The highest BCUT2D eigenvalue weighted by Crippen LogP contribution is 2.39. The van der Waals surface area contributed by atoms with Gasteiger partial charge in [0.05, 0.1) is 38.3 Å². The second kappa shape index (κ2) is 15.7. The molecule has 14 nitrogen and oxygen atoms in total. The molecule has 0 saturated heterocycles. The summed E-state index contributed by atoms with van der Waals surface area (Å²) in [5, 5.41) is 45.9. The van der Waals surface area contributed by atoms with Crippen LogP contribution in [-0.4, -0.2) is 31.7 Å². The molecule has 0 atom stereocenters. The van der Waals surface area contributed by atoms with Crippen molar-refractivity contribution in [3.8, 4) is 5.75 Å². The van der Waals surface area contributed by atoms with Crippen molar-refractivity contribution in [3.63, 3.8) is 0 Å². The molecule has 234 valence electrons. The Hall–Kier alpha value is -6.70. The standard InChI is InChI=1S/C26H24N2O2.C6H3N3O7/c1-19(29)27-25-18-26(28-20(2)30)24(16-14-22-11-7-4-8-12-22)17-23(25)15-13-21-9-5-3-6-10-21;10-6-4(8(13)14)1-3(7(11)12)2-5(6)9(15)16/h3-18H,1-2H3,(H,27,29)(H,28,30);1-2,10H/b15-13+,16-14+;. The van der Waals surface area contributed by atoms with Gasteiger partial charge in [0.2, 0.25) is 11.8 Å². The van der Waals surface area contributed by atoms with Crippen molar-refractivity contribution in [2.24, 2.45) is 0 Å². The number of non-ortho nitro benzene ring substituents is 1. The molecule has 0 saturated carbocycles. The molecule has 0 unspecified atom stereocenters. The zero-order valence-electron chi connectivity index (χ0n) is 24.4. The van der Waals surface area contributed by atoms with Crippen molar-refractivity contribution >= 4 is 64.6 Å². The maximum Gasteiger partial charge on any atom is 0.324 e. The normalized spacial score (nSPS) is 10.6. The third-order valence-corrected chi connectivity index (χ3v) is 6.01. The molecule has 0 fully saturated rings. The van der Waals surface area contributed by atoms with Crippen LogP contribution in [-0.2, 0) is 9.59 Å². The number of anilines is 2. The Morgan fingerprint density at radius 3 is 1.33 bits per heavy atom. The average Bonchev–Trinajstić information content (AvgIpc) is 3.00. The molecule has 0 aliphatic rings. The highest BCUT2D eigenvalue weighted by Gasteiger charge is 2.30. The predicted octanol–water partition coefficient (Wildman–Crippen LogP) is 7.06. The Kier molecular flexibility index (Phi) is 11.5. The summed E-state index contributed by atoms with van der Waals surface area (Å²) in [6, 6.07) is 24.5. The number of nitro benzene ring substituents is 3. The highest BCUT2D eigenvalue weighted by atomic mass is 16.6. The van der Waals surface area contributed by atoms with E-state index in [1.54, 1.807) is 6.07 Å². The molecule has 4 aromatic carbocycles. The zero-order chi connectivity index (χ0) is 33.8. The fourth-order valence-electron chi connectivity index (χ4n) is 3.98. The second-order valence-corrected chi connectivity index (χ2v) is 9.48. The van der Waals surface area contributed by atoms with Gasteiger partial charge in [-0.1, -0.05) is 85.0 Å². The second-order valence-electron chi connectivity index (χ2n) is 9.48. The van der Waals surface area contributed by atoms with Crippen LogP contribution in [0.5, 0.6) is 5.75 Å². The molecule has 0 aliphatic carbocycles. The van der Waals surface area contributed by atoms with Crippen LogP contribution in [0.4, 0.5) is 28.4 Å². The van der Waals surface area contributed by atoms with E-state index in [-0.39, 0.29) is 11.8 Å². The number of aromatic hydroxyl groups is 1. The first-order valence-electron chi connectivity index (χ1n) is 13.4. The summed E-state index contributed by atoms with van der Waals surface area (Å²) < 4.78 is 0. The first kappa shape index (κ1) is 33.8. The number of carbonyl (C=O) groups excluding carboxylic acids is 2. The minimum absolute atomic E-state index is 0.175. The van der Waals surface area contributed by atoms with Gasteiger partial charge in [0.15, 0.2) is 0 Å². The average molecular weight is 626 g/mol. The molecular weight excluding hydrogens is 598 g/mol. The van der Waals surface area contributed by atoms with Gasteiger partial charge in [-0.05, 0) is 34.4 Å². The molecule has 2 amide bonds. The number of benzene rings is 4. The molecule has 0 aromatic heterocycles. The summed E-state index contributed by atoms with van der Waals surface area (Å²) in [5.74, 6) is -1.56. The van der Waals surface area contributed by atoms with Crippen LogP contribution in [0.3, 0.4) is 0 Å². The van der Waals surface area contributed by atoms with Crippen molar-refractivity contribution in [1.82, 2.24) is 0 Å². The molecule has 46 heavy (non-hydrogen) atoms. The van der Waals surface area contributed by atoms with Gasteiger partial charge in [0.25, 0.3) is 11.4 Å². The minimum atomic E-state index is -1.21. The number of phenolic OH excluding ortho intramolecular Hbond substituents is 1. The number of nitrogens with one attached hydrogen (secondary N) is 2. The van der Waals surface area contributed by atoms with Crippen LogP contribution in [0.25, 0.3) is 24.3 Å². The van der Waals surface area contributed by atoms with Gasteiger partial charge in [-0.3, -0.25) is 39.9 Å². The molecule has 4 aromatic rings. The van der Waals surface area contributed by atoms with Crippen LogP contribution in [0.15, 0.2) is 84.9 Å². The molecule has 4 rings (SSSR count). The van der Waals surface area contributed by atoms with Crippen molar-refractivity contribution in [3.05, 3.63) is 138 Å². The maximum atomic E-state index is 11.7. The van der Waals surface area contributed by atoms with Crippen LogP contribution in [0.1, 0.15) is 36.1 Å². The van der Waals surface area contributed by atoms with Crippen LogP contribution < -0.4 is 10.6 Å². The molecule has 3 N–H and O–H groups in total.